The van der Waals surface area contributed by atoms with Crippen LogP contribution in [0.3, 0.4) is 0 Å². The van der Waals surface area contributed by atoms with Crippen LogP contribution in [0.15, 0.2) is 36.5 Å². The molecule has 1 aromatic heterocycles. The molecule has 0 atom stereocenters. The highest BCUT2D eigenvalue weighted by Crippen LogP contribution is 2.31. The smallest absolute Gasteiger partial charge is 0.260 e. The summed E-state index contributed by atoms with van der Waals surface area (Å²) >= 11 is 0. The molecule has 0 bridgehead atoms. The topological polar surface area (TPSA) is 61.0 Å². The maximum Gasteiger partial charge on any atom is 0.283 e. The molecule has 0 radical (unpaired) electrons. The lowest BCUT2D eigenvalue weighted by Crippen LogP contribution is -2.03. The number of aromatic nitrogens is 2. The maximum atomic E-state index is 13.0. The predicted molar refractivity (Wildman–Crippen MR) is 81.4 cm³/mol. The van der Waals surface area contributed by atoms with Crippen LogP contribution in [0, 0.1) is 29.8 Å². The summed E-state index contributed by atoms with van der Waals surface area (Å²) in [6, 6.07) is 7.94. The van der Waals surface area contributed by atoms with Crippen molar-refractivity contribution < 1.29 is 9.31 Å². The van der Waals surface area contributed by atoms with Gasteiger partial charge >= 0.3 is 0 Å². The van der Waals surface area contributed by atoms with E-state index >= 15 is 0 Å². The molecule has 1 heterocycles. The van der Waals surface area contributed by atoms with Gasteiger partial charge in [-0.3, -0.25) is 14.8 Å². The van der Waals surface area contributed by atoms with Crippen LogP contribution in [0.25, 0.3) is 10.9 Å². The molecule has 0 aliphatic heterocycles. The molecule has 0 N–H and O–H groups in total. The fraction of sp³-hybridized carbons (Fsp3) is 0.188. The highest BCUT2D eigenvalue weighted by Gasteiger charge is 2.20. The molecule has 3 aromatic rings. The number of hydrogen-bond acceptors (Lipinski definition) is 3. The van der Waals surface area contributed by atoms with Gasteiger partial charge in [0.2, 0.25) is 0 Å². The maximum absolute atomic E-state index is 13.0. The first-order valence-electron chi connectivity index (χ1n) is 6.82. The minimum absolute atomic E-state index is 0.0888. The molecule has 0 aliphatic rings. The molecule has 5 nitrogen and oxygen atoms in total. The van der Waals surface area contributed by atoms with Crippen LogP contribution >= 0.6 is 0 Å². The van der Waals surface area contributed by atoms with Crippen LogP contribution in [0.5, 0.6) is 0 Å². The second-order valence-corrected chi connectivity index (χ2v) is 5.31. The number of nitro benzene ring substituents is 1. The van der Waals surface area contributed by atoms with E-state index in [-0.39, 0.29) is 16.4 Å². The van der Waals surface area contributed by atoms with E-state index in [2.05, 4.69) is 5.10 Å². The number of aryl methyl sites for hydroxylation is 2. The van der Waals surface area contributed by atoms with Crippen LogP contribution in [0.2, 0.25) is 0 Å². The van der Waals surface area contributed by atoms with Crippen molar-refractivity contribution in [2.45, 2.75) is 20.4 Å². The Balaban J connectivity index is 2.14. The average molecular weight is 299 g/mol. The van der Waals surface area contributed by atoms with E-state index in [1.807, 2.05) is 6.92 Å². The number of nitrogens with zero attached hydrogens (tertiary/aromatic N) is 3. The Morgan fingerprint density at radius 1 is 1.23 bits per heavy atom. The highest BCUT2D eigenvalue weighted by atomic mass is 19.1. The lowest BCUT2D eigenvalue weighted by Gasteiger charge is -2.07. The zero-order valence-corrected chi connectivity index (χ0v) is 12.2. The molecule has 22 heavy (non-hydrogen) atoms. The molecular weight excluding hydrogens is 285 g/mol. The van der Waals surface area contributed by atoms with Crippen molar-refractivity contribution in [1.82, 2.24) is 9.78 Å². The van der Waals surface area contributed by atoms with Crippen molar-refractivity contribution >= 4 is 16.6 Å². The van der Waals surface area contributed by atoms with E-state index < -0.39 is 0 Å². The monoisotopic (exact) mass is 299 g/mol. The van der Waals surface area contributed by atoms with Gasteiger partial charge in [0.25, 0.3) is 5.69 Å². The van der Waals surface area contributed by atoms with Crippen LogP contribution in [-0.4, -0.2) is 14.7 Å². The lowest BCUT2D eigenvalue weighted by atomic mass is 10.1. The summed E-state index contributed by atoms with van der Waals surface area (Å²) in [5.74, 6) is -0.295. The average Bonchev–Trinajstić information content (AvgIpc) is 2.85. The molecule has 0 fully saturated rings. The van der Waals surface area contributed by atoms with Gasteiger partial charge in [-0.1, -0.05) is 12.1 Å². The number of rotatable bonds is 3. The predicted octanol–water partition coefficient (Wildman–Crippen LogP) is 3.75. The Kier molecular flexibility index (Phi) is 3.36. The van der Waals surface area contributed by atoms with Gasteiger partial charge in [-0.05, 0) is 43.2 Å². The van der Waals surface area contributed by atoms with Gasteiger partial charge in [0.15, 0.2) is 0 Å². The number of nitro groups is 1. The molecule has 0 saturated heterocycles. The molecular formula is C16H14FN3O2. The van der Waals surface area contributed by atoms with E-state index in [0.29, 0.717) is 17.5 Å². The highest BCUT2D eigenvalue weighted by molar-refractivity contribution is 5.92. The van der Waals surface area contributed by atoms with Gasteiger partial charge in [0.1, 0.15) is 5.82 Å². The normalized spacial score (nSPS) is 11.0. The molecule has 3 rings (SSSR count). The largest absolute Gasteiger partial charge is 0.283 e. The van der Waals surface area contributed by atoms with Gasteiger partial charge < -0.3 is 0 Å². The third kappa shape index (κ3) is 2.32. The van der Waals surface area contributed by atoms with Gasteiger partial charge in [0, 0.05) is 5.56 Å². The van der Waals surface area contributed by atoms with Crippen molar-refractivity contribution in [2.24, 2.45) is 0 Å². The quantitative estimate of drug-likeness (QED) is 0.546. The lowest BCUT2D eigenvalue weighted by molar-refractivity contribution is -0.383. The van der Waals surface area contributed by atoms with Crippen molar-refractivity contribution in [2.75, 3.05) is 0 Å². The second kappa shape index (κ2) is 5.22. The van der Waals surface area contributed by atoms with Crippen LogP contribution < -0.4 is 0 Å². The Morgan fingerprint density at radius 2 is 1.91 bits per heavy atom. The summed E-state index contributed by atoms with van der Waals surface area (Å²) in [4.78, 5) is 10.9. The van der Waals surface area contributed by atoms with E-state index in [1.165, 1.54) is 18.3 Å². The summed E-state index contributed by atoms with van der Waals surface area (Å²) in [7, 11) is 0. The van der Waals surface area contributed by atoms with Crippen molar-refractivity contribution in [1.29, 1.82) is 0 Å². The fourth-order valence-corrected chi connectivity index (χ4v) is 2.77. The zero-order valence-electron chi connectivity index (χ0n) is 12.2. The minimum Gasteiger partial charge on any atom is -0.260 e. The van der Waals surface area contributed by atoms with Gasteiger partial charge in [-0.25, -0.2) is 4.39 Å². The summed E-state index contributed by atoms with van der Waals surface area (Å²) in [5.41, 5.74) is 3.26. The molecule has 0 amide bonds. The SMILES string of the molecule is Cc1cc(C)c2c(cnn2Cc2ccc(F)cc2)c1[N+](=O)[O-]. The van der Waals surface area contributed by atoms with Gasteiger partial charge in [-0.2, -0.15) is 5.10 Å². The van der Waals surface area contributed by atoms with Crippen LogP contribution in [0.1, 0.15) is 16.7 Å². The Bertz CT molecular complexity index is 869. The van der Waals surface area contributed by atoms with E-state index in [1.54, 1.807) is 29.8 Å². The summed E-state index contributed by atoms with van der Waals surface area (Å²) in [5, 5.41) is 16.1. The molecule has 6 heteroatoms. The zero-order chi connectivity index (χ0) is 15.9. The van der Waals surface area contributed by atoms with Crippen molar-refractivity contribution in [3.8, 4) is 0 Å². The molecule has 0 aliphatic carbocycles. The number of halogens is 1. The summed E-state index contributed by atoms with van der Waals surface area (Å²) < 4.78 is 14.7. The van der Waals surface area contributed by atoms with E-state index in [9.17, 15) is 14.5 Å². The van der Waals surface area contributed by atoms with Crippen LogP contribution in [-0.2, 0) is 6.54 Å². The third-order valence-electron chi connectivity index (χ3n) is 3.70. The van der Waals surface area contributed by atoms with Crippen molar-refractivity contribution in [3.63, 3.8) is 0 Å². The fourth-order valence-electron chi connectivity index (χ4n) is 2.77. The number of fused-ring (bicyclic) bond motifs is 1. The summed E-state index contributed by atoms with van der Waals surface area (Å²) in [6.07, 6.45) is 1.52. The Morgan fingerprint density at radius 3 is 2.55 bits per heavy atom. The first-order chi connectivity index (χ1) is 10.5. The molecule has 2 aromatic carbocycles. The second-order valence-electron chi connectivity index (χ2n) is 5.31. The standard InChI is InChI=1S/C16H14FN3O2/c1-10-7-11(2)16(20(21)22)14-8-18-19(15(10)14)9-12-3-5-13(17)6-4-12/h3-8H,9H2,1-2H3. The summed E-state index contributed by atoms with van der Waals surface area (Å²) in [6.45, 7) is 4.06. The molecule has 0 spiro atoms. The number of benzene rings is 2. The Labute approximate surface area is 126 Å². The van der Waals surface area contributed by atoms with Gasteiger partial charge in [0.05, 0.1) is 28.6 Å². The Hall–Kier alpha value is -2.76. The van der Waals surface area contributed by atoms with E-state index in [0.717, 1.165) is 16.6 Å². The first-order valence-corrected chi connectivity index (χ1v) is 6.82. The van der Waals surface area contributed by atoms with Crippen molar-refractivity contribution in [3.05, 3.63) is 69.2 Å². The van der Waals surface area contributed by atoms with Crippen LogP contribution in [0.4, 0.5) is 10.1 Å². The minimum atomic E-state index is -0.374. The third-order valence-corrected chi connectivity index (χ3v) is 3.70. The van der Waals surface area contributed by atoms with Gasteiger partial charge in [-0.15, -0.1) is 0 Å². The molecule has 0 unspecified atom stereocenters. The molecule has 0 saturated carbocycles. The van der Waals surface area contributed by atoms with E-state index in [4.69, 9.17) is 0 Å². The number of hydrogen-bond donors (Lipinski definition) is 0. The molecule has 112 valence electrons. The first kappa shape index (κ1) is 14.2.